The van der Waals surface area contributed by atoms with Crippen LogP contribution in [0.5, 0.6) is 0 Å². The highest BCUT2D eigenvalue weighted by Crippen LogP contribution is 2.23. The van der Waals surface area contributed by atoms with Crippen LogP contribution in [0.4, 0.5) is 11.4 Å². The number of nitrogens with zero attached hydrogens (tertiary/aromatic N) is 1. The molecular formula is C12H18ClN3S. The van der Waals surface area contributed by atoms with Crippen molar-refractivity contribution in [2.75, 3.05) is 48.7 Å². The van der Waals surface area contributed by atoms with Crippen molar-refractivity contribution < 1.29 is 0 Å². The standard InChI is InChI=1S/C12H18ClN3S/c13-11-9-10(14)1-2-12(11)15-3-4-16-5-7-17-8-6-16/h1-2,9,15H,3-8,14H2. The van der Waals surface area contributed by atoms with Crippen LogP contribution in [0.2, 0.25) is 5.02 Å². The van der Waals surface area contributed by atoms with E-state index in [-0.39, 0.29) is 0 Å². The van der Waals surface area contributed by atoms with Crippen LogP contribution in [0.3, 0.4) is 0 Å². The number of hydrogen-bond donors (Lipinski definition) is 2. The van der Waals surface area contributed by atoms with Gasteiger partial charge in [0.05, 0.1) is 10.7 Å². The number of halogens is 1. The van der Waals surface area contributed by atoms with Crippen molar-refractivity contribution >= 4 is 34.7 Å². The van der Waals surface area contributed by atoms with Gasteiger partial charge >= 0.3 is 0 Å². The van der Waals surface area contributed by atoms with E-state index in [0.29, 0.717) is 10.7 Å². The predicted molar refractivity (Wildman–Crippen MR) is 78.1 cm³/mol. The second kappa shape index (κ2) is 6.38. The summed E-state index contributed by atoms with van der Waals surface area (Å²) in [7, 11) is 0. The minimum Gasteiger partial charge on any atom is -0.399 e. The molecule has 0 atom stereocenters. The van der Waals surface area contributed by atoms with Crippen molar-refractivity contribution in [2.24, 2.45) is 0 Å². The van der Waals surface area contributed by atoms with Crippen LogP contribution in [0, 0.1) is 0 Å². The lowest BCUT2D eigenvalue weighted by atomic mass is 10.3. The minimum atomic E-state index is 0.694. The molecule has 1 fully saturated rings. The zero-order valence-corrected chi connectivity index (χ0v) is 11.4. The fourth-order valence-electron chi connectivity index (χ4n) is 1.85. The predicted octanol–water partition coefficient (Wildman–Crippen LogP) is 2.38. The van der Waals surface area contributed by atoms with Crippen molar-refractivity contribution in [1.29, 1.82) is 0 Å². The van der Waals surface area contributed by atoms with Crippen LogP contribution in [-0.2, 0) is 0 Å². The van der Waals surface area contributed by atoms with Gasteiger partial charge in [0.15, 0.2) is 0 Å². The summed E-state index contributed by atoms with van der Waals surface area (Å²) in [6, 6.07) is 5.58. The quantitative estimate of drug-likeness (QED) is 0.825. The van der Waals surface area contributed by atoms with Gasteiger partial charge in [-0.15, -0.1) is 0 Å². The first kappa shape index (κ1) is 12.9. The summed E-state index contributed by atoms with van der Waals surface area (Å²) in [6.45, 7) is 4.39. The van der Waals surface area contributed by atoms with Crippen LogP contribution >= 0.6 is 23.4 Å². The van der Waals surface area contributed by atoms with Crippen molar-refractivity contribution in [1.82, 2.24) is 4.90 Å². The Labute approximate surface area is 112 Å². The Balaban J connectivity index is 1.77. The molecule has 1 heterocycles. The number of nitrogens with two attached hydrogens (primary N) is 1. The third-order valence-electron chi connectivity index (χ3n) is 2.84. The van der Waals surface area contributed by atoms with Gasteiger partial charge in [0.1, 0.15) is 0 Å². The van der Waals surface area contributed by atoms with E-state index in [1.165, 1.54) is 24.6 Å². The van der Waals surface area contributed by atoms with E-state index >= 15 is 0 Å². The number of anilines is 2. The number of thioether (sulfide) groups is 1. The first-order valence-corrected chi connectivity index (χ1v) is 7.38. The van der Waals surface area contributed by atoms with E-state index in [9.17, 15) is 0 Å². The maximum absolute atomic E-state index is 6.09. The first-order chi connectivity index (χ1) is 8.25. The molecular weight excluding hydrogens is 254 g/mol. The second-order valence-electron chi connectivity index (χ2n) is 4.12. The van der Waals surface area contributed by atoms with Crippen LogP contribution in [0.15, 0.2) is 18.2 Å². The van der Waals surface area contributed by atoms with Gasteiger partial charge in [-0.2, -0.15) is 11.8 Å². The summed E-state index contributed by atoms with van der Waals surface area (Å²) in [5.41, 5.74) is 7.32. The van der Waals surface area contributed by atoms with E-state index < -0.39 is 0 Å². The number of benzene rings is 1. The lowest BCUT2D eigenvalue weighted by Gasteiger charge is -2.26. The summed E-state index contributed by atoms with van der Waals surface area (Å²) in [6.07, 6.45) is 0. The zero-order chi connectivity index (χ0) is 12.1. The fourth-order valence-corrected chi connectivity index (χ4v) is 3.08. The molecule has 1 aromatic carbocycles. The maximum atomic E-state index is 6.09. The molecule has 1 aliphatic heterocycles. The highest BCUT2D eigenvalue weighted by Gasteiger charge is 2.09. The highest BCUT2D eigenvalue weighted by atomic mass is 35.5. The Morgan fingerprint density at radius 3 is 2.82 bits per heavy atom. The monoisotopic (exact) mass is 271 g/mol. The SMILES string of the molecule is Nc1ccc(NCCN2CCSCC2)c(Cl)c1. The number of nitrogens with one attached hydrogen (secondary N) is 1. The number of nitrogen functional groups attached to an aromatic ring is 1. The number of rotatable bonds is 4. The molecule has 1 aromatic rings. The molecule has 0 amide bonds. The highest BCUT2D eigenvalue weighted by molar-refractivity contribution is 7.99. The van der Waals surface area contributed by atoms with Gasteiger partial charge in [0.2, 0.25) is 0 Å². The third-order valence-corrected chi connectivity index (χ3v) is 4.10. The Hall–Kier alpha value is -0.580. The van der Waals surface area contributed by atoms with E-state index in [2.05, 4.69) is 10.2 Å². The van der Waals surface area contributed by atoms with Gasteiger partial charge in [-0.3, -0.25) is 4.90 Å². The van der Waals surface area contributed by atoms with Gasteiger partial charge < -0.3 is 11.1 Å². The van der Waals surface area contributed by atoms with Gasteiger partial charge in [0.25, 0.3) is 0 Å². The molecule has 2 rings (SSSR count). The fraction of sp³-hybridized carbons (Fsp3) is 0.500. The Morgan fingerprint density at radius 1 is 1.35 bits per heavy atom. The summed E-state index contributed by atoms with van der Waals surface area (Å²) in [4.78, 5) is 2.48. The van der Waals surface area contributed by atoms with Gasteiger partial charge in [-0.1, -0.05) is 11.6 Å². The number of hydrogen-bond acceptors (Lipinski definition) is 4. The van der Waals surface area contributed by atoms with Gasteiger partial charge in [-0.05, 0) is 18.2 Å². The van der Waals surface area contributed by atoms with E-state index in [1.54, 1.807) is 6.07 Å². The van der Waals surface area contributed by atoms with E-state index in [4.69, 9.17) is 17.3 Å². The molecule has 0 unspecified atom stereocenters. The molecule has 1 aliphatic rings. The Bertz CT molecular complexity index is 367. The Morgan fingerprint density at radius 2 is 2.12 bits per heavy atom. The maximum Gasteiger partial charge on any atom is 0.0657 e. The van der Waals surface area contributed by atoms with E-state index in [1.807, 2.05) is 23.9 Å². The summed E-state index contributed by atoms with van der Waals surface area (Å²) < 4.78 is 0. The molecule has 94 valence electrons. The van der Waals surface area contributed by atoms with Crippen molar-refractivity contribution in [3.8, 4) is 0 Å². The molecule has 0 aromatic heterocycles. The van der Waals surface area contributed by atoms with Crippen molar-refractivity contribution in [3.63, 3.8) is 0 Å². The largest absolute Gasteiger partial charge is 0.399 e. The molecule has 17 heavy (non-hydrogen) atoms. The normalized spacial score (nSPS) is 17.0. The third kappa shape index (κ3) is 3.98. The lowest BCUT2D eigenvalue weighted by molar-refractivity contribution is 0.314. The zero-order valence-electron chi connectivity index (χ0n) is 9.79. The smallest absolute Gasteiger partial charge is 0.0657 e. The molecule has 0 radical (unpaired) electrons. The van der Waals surface area contributed by atoms with Crippen LogP contribution in [0.1, 0.15) is 0 Å². The average molecular weight is 272 g/mol. The molecule has 3 nitrogen and oxygen atoms in total. The summed E-state index contributed by atoms with van der Waals surface area (Å²) >= 11 is 8.13. The Kier molecular flexibility index (Phi) is 4.83. The lowest BCUT2D eigenvalue weighted by Crippen LogP contribution is -2.36. The van der Waals surface area contributed by atoms with Crippen LogP contribution in [-0.4, -0.2) is 42.6 Å². The minimum absolute atomic E-state index is 0.694. The summed E-state index contributed by atoms with van der Waals surface area (Å²) in [5, 5.41) is 4.05. The molecule has 5 heteroatoms. The average Bonchev–Trinajstić information content (AvgIpc) is 2.33. The molecule has 1 saturated heterocycles. The van der Waals surface area contributed by atoms with E-state index in [0.717, 1.165) is 18.8 Å². The van der Waals surface area contributed by atoms with Gasteiger partial charge in [-0.25, -0.2) is 0 Å². The van der Waals surface area contributed by atoms with Crippen LogP contribution < -0.4 is 11.1 Å². The van der Waals surface area contributed by atoms with Crippen LogP contribution in [0.25, 0.3) is 0 Å². The molecule has 3 N–H and O–H groups in total. The second-order valence-corrected chi connectivity index (χ2v) is 5.75. The van der Waals surface area contributed by atoms with Crippen molar-refractivity contribution in [2.45, 2.75) is 0 Å². The van der Waals surface area contributed by atoms with Gasteiger partial charge in [0, 0.05) is 43.4 Å². The first-order valence-electron chi connectivity index (χ1n) is 5.85. The molecule has 0 aliphatic carbocycles. The molecule has 0 saturated carbocycles. The molecule has 0 spiro atoms. The summed E-state index contributed by atoms with van der Waals surface area (Å²) in [5.74, 6) is 2.51. The molecule has 0 bridgehead atoms. The van der Waals surface area contributed by atoms with Crippen molar-refractivity contribution in [3.05, 3.63) is 23.2 Å². The topological polar surface area (TPSA) is 41.3 Å².